The Bertz CT molecular complexity index is 1390. The van der Waals surface area contributed by atoms with E-state index in [2.05, 4.69) is 32.3 Å². The van der Waals surface area contributed by atoms with Crippen molar-refractivity contribution >= 4 is 5.82 Å². The van der Waals surface area contributed by atoms with E-state index in [4.69, 9.17) is 0 Å². The average Bonchev–Trinajstić information content (AvgIpc) is 3.71. The molecule has 3 aliphatic rings. The summed E-state index contributed by atoms with van der Waals surface area (Å²) in [6, 6.07) is 7.08. The Morgan fingerprint density at radius 1 is 1.16 bits per heavy atom. The predicted molar refractivity (Wildman–Crippen MR) is 136 cm³/mol. The predicted octanol–water partition coefficient (Wildman–Crippen LogP) is 3.73. The van der Waals surface area contributed by atoms with Gasteiger partial charge in [-0.2, -0.15) is 4.39 Å². The third-order valence-corrected chi connectivity index (χ3v) is 8.08. The van der Waals surface area contributed by atoms with Crippen LogP contribution < -0.4 is 15.8 Å². The summed E-state index contributed by atoms with van der Waals surface area (Å²) in [5.74, 6) is -0.00904. The molecule has 0 spiro atoms. The summed E-state index contributed by atoms with van der Waals surface area (Å²) in [6.45, 7) is 2.18. The summed E-state index contributed by atoms with van der Waals surface area (Å²) in [5.41, 5.74) is 0.643. The molecule has 6 rings (SSSR count). The molecule has 0 amide bonds. The van der Waals surface area contributed by atoms with E-state index in [1.54, 1.807) is 18.3 Å². The smallest absolute Gasteiger partial charge is 0.253 e. The number of phenols is 1. The van der Waals surface area contributed by atoms with Crippen LogP contribution in [0.2, 0.25) is 0 Å². The lowest BCUT2D eigenvalue weighted by molar-refractivity contribution is 0.0584. The molecule has 2 bridgehead atoms. The minimum Gasteiger partial charge on any atom is -0.507 e. The zero-order valence-corrected chi connectivity index (χ0v) is 20.9. The van der Waals surface area contributed by atoms with Gasteiger partial charge < -0.3 is 15.3 Å². The van der Waals surface area contributed by atoms with E-state index in [1.165, 1.54) is 25.2 Å². The summed E-state index contributed by atoms with van der Waals surface area (Å²) in [7, 11) is 1.35. The number of nitrogens with zero attached hydrogens (tertiary/aromatic N) is 5. The summed E-state index contributed by atoms with van der Waals surface area (Å²) < 4.78 is 30.5. The van der Waals surface area contributed by atoms with Crippen molar-refractivity contribution in [1.82, 2.24) is 25.1 Å². The van der Waals surface area contributed by atoms with Crippen molar-refractivity contribution in [3.8, 4) is 28.3 Å². The number of phenolic OH excluding ortho intramolecular Hbond substituents is 1. The Morgan fingerprint density at radius 2 is 1.97 bits per heavy atom. The quantitative estimate of drug-likeness (QED) is 0.507. The fraction of sp³-hybridized carbons (Fsp3) is 0.481. The third kappa shape index (κ3) is 4.37. The minimum atomic E-state index is -0.994. The van der Waals surface area contributed by atoms with Crippen LogP contribution in [0.25, 0.3) is 22.5 Å². The lowest BCUT2D eigenvalue weighted by Gasteiger charge is -2.52. The molecule has 4 heterocycles. The van der Waals surface area contributed by atoms with Gasteiger partial charge in [-0.1, -0.05) is 6.07 Å². The number of piperidine rings is 2. The van der Waals surface area contributed by atoms with Gasteiger partial charge in [-0.15, -0.1) is 10.2 Å². The van der Waals surface area contributed by atoms with Gasteiger partial charge in [-0.05, 0) is 74.8 Å². The molecule has 8 nitrogen and oxygen atoms in total. The number of hydrogen-bond acceptors (Lipinski definition) is 7. The van der Waals surface area contributed by atoms with Crippen LogP contribution in [0.3, 0.4) is 0 Å². The molecule has 1 aliphatic carbocycles. The first-order valence-corrected chi connectivity index (χ1v) is 12.8. The molecule has 4 atom stereocenters. The van der Waals surface area contributed by atoms with Crippen LogP contribution in [0.15, 0.2) is 41.3 Å². The molecule has 3 fully saturated rings. The number of aromatic nitrogens is 4. The molecule has 2 aliphatic heterocycles. The molecule has 2 aromatic heterocycles. The number of aromatic hydroxyl groups is 1. The number of alkyl halides is 1. The van der Waals surface area contributed by atoms with Gasteiger partial charge in [0.1, 0.15) is 11.9 Å². The van der Waals surface area contributed by atoms with Gasteiger partial charge >= 0.3 is 0 Å². The number of nitrogens with one attached hydrogen (secondary N) is 1. The van der Waals surface area contributed by atoms with Crippen molar-refractivity contribution in [1.29, 1.82) is 0 Å². The number of anilines is 1. The molecule has 37 heavy (non-hydrogen) atoms. The van der Waals surface area contributed by atoms with Crippen molar-refractivity contribution in [2.24, 2.45) is 7.05 Å². The summed E-state index contributed by atoms with van der Waals surface area (Å²) in [5, 5.41) is 22.9. The molecule has 2 saturated heterocycles. The van der Waals surface area contributed by atoms with Crippen LogP contribution in [0.1, 0.15) is 45.4 Å². The third-order valence-electron chi connectivity index (χ3n) is 8.08. The molecule has 0 radical (unpaired) electrons. The van der Waals surface area contributed by atoms with Crippen molar-refractivity contribution in [2.45, 2.75) is 75.3 Å². The van der Waals surface area contributed by atoms with Gasteiger partial charge in [0.25, 0.3) is 5.56 Å². The average molecular weight is 509 g/mol. The maximum Gasteiger partial charge on any atom is 0.253 e. The highest BCUT2D eigenvalue weighted by Crippen LogP contribution is 2.42. The highest BCUT2D eigenvalue weighted by molar-refractivity contribution is 5.72. The van der Waals surface area contributed by atoms with E-state index < -0.39 is 17.7 Å². The topological polar surface area (TPSA) is 96.2 Å². The molecule has 1 saturated carbocycles. The van der Waals surface area contributed by atoms with Crippen molar-refractivity contribution in [2.75, 3.05) is 4.90 Å². The lowest BCUT2D eigenvalue weighted by Crippen LogP contribution is -2.67. The van der Waals surface area contributed by atoms with Crippen LogP contribution >= 0.6 is 0 Å². The molecule has 10 heteroatoms. The van der Waals surface area contributed by atoms with E-state index in [9.17, 15) is 14.3 Å². The van der Waals surface area contributed by atoms with Crippen molar-refractivity contribution < 1.29 is 13.9 Å². The van der Waals surface area contributed by atoms with E-state index in [1.807, 2.05) is 0 Å². The first kappa shape index (κ1) is 24.0. The number of pyridine rings is 1. The Kier molecular flexibility index (Phi) is 5.74. The fourth-order valence-electron chi connectivity index (χ4n) is 5.96. The van der Waals surface area contributed by atoms with Crippen molar-refractivity contribution in [3.05, 3.63) is 52.8 Å². The van der Waals surface area contributed by atoms with E-state index in [0.29, 0.717) is 28.9 Å². The standard InChI is InChI=1S/C27H30F2N6O2/c1-27-9-3-4-19(31-27)25(29)20(13-27)35(17-6-7-17)23-14-30-26(33-32-23)18-8-5-15(10-21(18)36)16-11-22(28)34(2)24(37)12-16/h5,8,10-12,14,17,19-20,25,31,36H,3-4,6-7,9,13H2,1-2H3/t19-,20+,25-,27+/m1/s1. The first-order valence-electron chi connectivity index (χ1n) is 12.8. The van der Waals surface area contributed by atoms with Crippen LogP contribution in [0, 0.1) is 5.95 Å². The molecule has 194 valence electrons. The van der Waals surface area contributed by atoms with Crippen LogP contribution in [0.5, 0.6) is 5.75 Å². The van der Waals surface area contributed by atoms with Gasteiger partial charge in [0.2, 0.25) is 0 Å². The van der Waals surface area contributed by atoms with Gasteiger partial charge in [-0.25, -0.2) is 9.37 Å². The van der Waals surface area contributed by atoms with Crippen LogP contribution in [-0.2, 0) is 7.05 Å². The zero-order valence-electron chi connectivity index (χ0n) is 20.9. The molecule has 3 aromatic rings. The summed E-state index contributed by atoms with van der Waals surface area (Å²) in [6.07, 6.45) is 6.22. The van der Waals surface area contributed by atoms with Gasteiger partial charge in [0.05, 0.1) is 17.8 Å². The highest BCUT2D eigenvalue weighted by atomic mass is 19.1. The summed E-state index contributed by atoms with van der Waals surface area (Å²) >= 11 is 0. The monoisotopic (exact) mass is 508 g/mol. The lowest BCUT2D eigenvalue weighted by atomic mass is 9.74. The second-order valence-corrected chi connectivity index (χ2v) is 10.9. The number of rotatable bonds is 5. The van der Waals surface area contributed by atoms with Gasteiger partial charge in [0, 0.05) is 30.7 Å². The van der Waals surface area contributed by atoms with Crippen molar-refractivity contribution in [3.63, 3.8) is 0 Å². The number of benzene rings is 1. The second kappa shape index (κ2) is 8.86. The second-order valence-electron chi connectivity index (χ2n) is 10.9. The van der Waals surface area contributed by atoms with E-state index in [-0.39, 0.29) is 35.2 Å². The molecule has 2 N–H and O–H groups in total. The molecular weight excluding hydrogens is 478 g/mol. The Labute approximate surface area is 213 Å². The highest BCUT2D eigenvalue weighted by Gasteiger charge is 2.50. The Hall–Kier alpha value is -3.40. The fourth-order valence-corrected chi connectivity index (χ4v) is 5.96. The van der Waals surface area contributed by atoms with Gasteiger partial charge in [0.15, 0.2) is 17.6 Å². The van der Waals surface area contributed by atoms with Crippen LogP contribution in [-0.4, -0.2) is 54.7 Å². The van der Waals surface area contributed by atoms with E-state index >= 15 is 4.39 Å². The van der Waals surface area contributed by atoms with Gasteiger partial charge in [-0.3, -0.25) is 9.36 Å². The minimum absolute atomic E-state index is 0.0798. The van der Waals surface area contributed by atoms with Crippen LogP contribution in [0.4, 0.5) is 14.6 Å². The van der Waals surface area contributed by atoms with E-state index in [0.717, 1.165) is 36.7 Å². The first-order chi connectivity index (χ1) is 17.7. The normalized spacial score (nSPS) is 27.2. The summed E-state index contributed by atoms with van der Waals surface area (Å²) in [4.78, 5) is 18.5. The number of fused-ring (bicyclic) bond motifs is 2. The maximum absolute atomic E-state index is 15.6. The zero-order chi connectivity index (χ0) is 25.9. The largest absolute Gasteiger partial charge is 0.507 e. The number of halogens is 2. The Morgan fingerprint density at radius 3 is 2.65 bits per heavy atom. The maximum atomic E-state index is 15.6. The Balaban J connectivity index is 1.27. The molecule has 0 unspecified atom stereocenters. The molecule has 1 aromatic carbocycles. The molecular formula is C27H30F2N6O2. The SMILES string of the molecule is Cn1c(F)cc(-c2ccc(-c3ncc(N(C4CC4)[C@H]4C[C@]5(C)CCC[C@@H](N5)[C@H]4F)nn3)c(O)c2)cc1=O. The number of hydrogen-bond donors (Lipinski definition) is 2.